The summed E-state index contributed by atoms with van der Waals surface area (Å²) >= 11 is 0. The summed E-state index contributed by atoms with van der Waals surface area (Å²) in [6, 6.07) is 11.0. The lowest BCUT2D eigenvalue weighted by atomic mass is 10.1. The zero-order valence-corrected chi connectivity index (χ0v) is 13.5. The Bertz CT molecular complexity index is 576. The highest BCUT2D eigenvalue weighted by Crippen LogP contribution is 2.22. The van der Waals surface area contributed by atoms with Crippen LogP contribution in [0.4, 0.5) is 5.69 Å². The molecule has 2 aromatic rings. The van der Waals surface area contributed by atoms with Gasteiger partial charge in [-0.25, -0.2) is 0 Å². The Morgan fingerprint density at radius 3 is 2.71 bits per heavy atom. The monoisotopic (exact) mass is 286 g/mol. The first-order chi connectivity index (χ1) is 10.0. The van der Waals surface area contributed by atoms with Crippen molar-refractivity contribution in [2.75, 3.05) is 12.8 Å². The standard InChI is InChI=1S/C17H26N4/c1-5-13(2)21-10-9-17(19-21)12-20(4)14(3)15-7-6-8-16(18)11-15/h6-11,13-14H,5,12,18H2,1-4H3. The minimum Gasteiger partial charge on any atom is -0.399 e. The van der Waals surface area contributed by atoms with Crippen molar-refractivity contribution in [3.05, 3.63) is 47.8 Å². The van der Waals surface area contributed by atoms with Gasteiger partial charge >= 0.3 is 0 Å². The van der Waals surface area contributed by atoms with E-state index in [0.717, 1.165) is 24.3 Å². The summed E-state index contributed by atoms with van der Waals surface area (Å²) in [5, 5.41) is 4.66. The first-order valence-electron chi connectivity index (χ1n) is 7.61. The molecule has 1 aromatic carbocycles. The van der Waals surface area contributed by atoms with Crippen LogP contribution in [0.2, 0.25) is 0 Å². The van der Waals surface area contributed by atoms with Crippen molar-refractivity contribution in [3.8, 4) is 0 Å². The maximum absolute atomic E-state index is 5.87. The van der Waals surface area contributed by atoms with Crippen LogP contribution in [0, 0.1) is 0 Å². The lowest BCUT2D eigenvalue weighted by Crippen LogP contribution is -2.22. The highest BCUT2D eigenvalue weighted by Gasteiger charge is 2.14. The predicted octanol–water partition coefficient (Wildman–Crippen LogP) is 3.63. The quantitative estimate of drug-likeness (QED) is 0.825. The van der Waals surface area contributed by atoms with E-state index in [1.54, 1.807) is 0 Å². The van der Waals surface area contributed by atoms with Crippen LogP contribution >= 0.6 is 0 Å². The molecule has 0 aliphatic rings. The molecular weight excluding hydrogens is 260 g/mol. The van der Waals surface area contributed by atoms with Gasteiger partial charge in [0.25, 0.3) is 0 Å². The van der Waals surface area contributed by atoms with E-state index >= 15 is 0 Å². The Balaban J connectivity index is 2.03. The third-order valence-electron chi connectivity index (χ3n) is 4.17. The summed E-state index contributed by atoms with van der Waals surface area (Å²) in [7, 11) is 2.12. The van der Waals surface area contributed by atoms with Crippen molar-refractivity contribution < 1.29 is 0 Å². The molecule has 2 rings (SSSR count). The molecule has 21 heavy (non-hydrogen) atoms. The second-order valence-corrected chi connectivity index (χ2v) is 5.81. The number of nitrogen functional groups attached to an aromatic ring is 1. The van der Waals surface area contributed by atoms with Gasteiger partial charge in [0.15, 0.2) is 0 Å². The number of hydrogen-bond acceptors (Lipinski definition) is 3. The first-order valence-corrected chi connectivity index (χ1v) is 7.61. The summed E-state index contributed by atoms with van der Waals surface area (Å²) in [5.74, 6) is 0. The van der Waals surface area contributed by atoms with E-state index in [1.807, 2.05) is 22.9 Å². The van der Waals surface area contributed by atoms with E-state index in [-0.39, 0.29) is 0 Å². The predicted molar refractivity (Wildman–Crippen MR) is 88.0 cm³/mol. The van der Waals surface area contributed by atoms with Gasteiger partial charge < -0.3 is 5.73 Å². The Labute approximate surface area is 127 Å². The summed E-state index contributed by atoms with van der Waals surface area (Å²) in [4.78, 5) is 2.29. The van der Waals surface area contributed by atoms with E-state index in [0.29, 0.717) is 12.1 Å². The van der Waals surface area contributed by atoms with Crippen molar-refractivity contribution in [2.45, 2.75) is 45.8 Å². The van der Waals surface area contributed by atoms with Crippen LogP contribution in [0.15, 0.2) is 36.5 Å². The van der Waals surface area contributed by atoms with Gasteiger partial charge in [-0.3, -0.25) is 9.58 Å². The van der Waals surface area contributed by atoms with Crippen LogP contribution in [-0.4, -0.2) is 21.7 Å². The molecule has 2 unspecified atom stereocenters. The molecule has 0 saturated carbocycles. The van der Waals surface area contributed by atoms with Crippen LogP contribution in [0.25, 0.3) is 0 Å². The first kappa shape index (κ1) is 15.6. The van der Waals surface area contributed by atoms with Crippen molar-refractivity contribution >= 4 is 5.69 Å². The number of benzene rings is 1. The molecule has 0 aliphatic carbocycles. The maximum atomic E-state index is 5.87. The second-order valence-electron chi connectivity index (χ2n) is 5.81. The minimum absolute atomic E-state index is 0.308. The fourth-order valence-corrected chi connectivity index (χ4v) is 2.36. The third-order valence-corrected chi connectivity index (χ3v) is 4.17. The van der Waals surface area contributed by atoms with Gasteiger partial charge in [-0.2, -0.15) is 5.10 Å². The normalized spacial score (nSPS) is 14.3. The lowest BCUT2D eigenvalue weighted by molar-refractivity contribution is 0.249. The molecular formula is C17H26N4. The highest BCUT2D eigenvalue weighted by molar-refractivity contribution is 5.41. The van der Waals surface area contributed by atoms with E-state index in [2.05, 4.69) is 56.1 Å². The van der Waals surface area contributed by atoms with Crippen LogP contribution in [0.1, 0.15) is 50.5 Å². The molecule has 1 heterocycles. The number of rotatable bonds is 6. The molecule has 0 fully saturated rings. The van der Waals surface area contributed by atoms with Crippen molar-refractivity contribution in [1.82, 2.24) is 14.7 Å². The van der Waals surface area contributed by atoms with Gasteiger partial charge in [0.2, 0.25) is 0 Å². The topological polar surface area (TPSA) is 47.1 Å². The van der Waals surface area contributed by atoms with E-state index in [4.69, 9.17) is 5.73 Å². The van der Waals surface area contributed by atoms with Gasteiger partial charge in [-0.05, 0) is 51.1 Å². The summed E-state index contributed by atoms with van der Waals surface area (Å²) in [5.41, 5.74) is 9.02. The van der Waals surface area contributed by atoms with Gasteiger partial charge in [-0.1, -0.05) is 19.1 Å². The van der Waals surface area contributed by atoms with Crippen molar-refractivity contribution in [3.63, 3.8) is 0 Å². The number of anilines is 1. The molecule has 0 radical (unpaired) electrons. The van der Waals surface area contributed by atoms with Crippen molar-refractivity contribution in [2.24, 2.45) is 0 Å². The fourth-order valence-electron chi connectivity index (χ4n) is 2.36. The van der Waals surface area contributed by atoms with Crippen LogP contribution < -0.4 is 5.73 Å². The SMILES string of the molecule is CCC(C)n1ccc(CN(C)C(C)c2cccc(N)c2)n1. The Hall–Kier alpha value is -1.81. The summed E-state index contributed by atoms with van der Waals surface area (Å²) < 4.78 is 2.05. The summed E-state index contributed by atoms with van der Waals surface area (Å²) in [6.07, 6.45) is 3.17. The number of nitrogens with zero attached hydrogens (tertiary/aromatic N) is 3. The van der Waals surface area contributed by atoms with Crippen LogP contribution in [0.5, 0.6) is 0 Å². The van der Waals surface area contributed by atoms with E-state index < -0.39 is 0 Å². The molecule has 2 N–H and O–H groups in total. The van der Waals surface area contributed by atoms with Gasteiger partial charge in [0, 0.05) is 30.5 Å². The molecule has 4 heteroatoms. The Morgan fingerprint density at radius 1 is 1.29 bits per heavy atom. The lowest BCUT2D eigenvalue weighted by Gasteiger charge is -2.24. The van der Waals surface area contributed by atoms with Gasteiger partial charge in [0.1, 0.15) is 0 Å². The molecule has 114 valence electrons. The highest BCUT2D eigenvalue weighted by atomic mass is 15.3. The number of nitrogens with two attached hydrogens (primary N) is 1. The number of hydrogen-bond donors (Lipinski definition) is 1. The third kappa shape index (κ3) is 3.85. The van der Waals surface area contributed by atoms with Crippen LogP contribution in [-0.2, 0) is 6.54 Å². The van der Waals surface area contributed by atoms with Crippen LogP contribution in [0.3, 0.4) is 0 Å². The average molecular weight is 286 g/mol. The molecule has 0 aliphatic heterocycles. The van der Waals surface area contributed by atoms with Gasteiger partial charge in [0.05, 0.1) is 5.69 Å². The molecule has 0 bridgehead atoms. The smallest absolute Gasteiger partial charge is 0.0764 e. The maximum Gasteiger partial charge on any atom is 0.0764 e. The summed E-state index contributed by atoms with van der Waals surface area (Å²) in [6.45, 7) is 7.40. The molecule has 1 aromatic heterocycles. The molecule has 2 atom stereocenters. The van der Waals surface area contributed by atoms with Gasteiger partial charge in [-0.15, -0.1) is 0 Å². The molecule has 0 saturated heterocycles. The Kier molecular flexibility index (Phi) is 5.02. The largest absolute Gasteiger partial charge is 0.399 e. The average Bonchev–Trinajstić information content (AvgIpc) is 2.94. The zero-order valence-electron chi connectivity index (χ0n) is 13.5. The number of aromatic nitrogens is 2. The molecule has 0 amide bonds. The molecule has 4 nitrogen and oxygen atoms in total. The van der Waals surface area contributed by atoms with Crippen molar-refractivity contribution in [1.29, 1.82) is 0 Å². The fraction of sp³-hybridized carbons (Fsp3) is 0.471. The molecule has 0 spiro atoms. The Morgan fingerprint density at radius 2 is 2.05 bits per heavy atom. The second kappa shape index (κ2) is 6.76. The minimum atomic E-state index is 0.308. The van der Waals surface area contributed by atoms with E-state index in [9.17, 15) is 0 Å². The zero-order chi connectivity index (χ0) is 15.4. The van der Waals surface area contributed by atoms with E-state index in [1.165, 1.54) is 5.56 Å².